The minimum Gasteiger partial charge on any atom is -0.337 e. The van der Waals surface area contributed by atoms with E-state index >= 15 is 0 Å². The number of nitrogens with one attached hydrogen (secondary N) is 1. The van der Waals surface area contributed by atoms with Crippen LogP contribution in [0.25, 0.3) is 0 Å². The molecule has 0 spiro atoms. The molecule has 3 nitrogen and oxygen atoms in total. The standard InChI is InChI=1S/C17H24N2O/c1-13-12-18-9-10-19(13)17(20)11-15-7-4-6-14-5-2-3-8-16(14)15/h2-3,5,8,13,15,18H,4,6-7,9-12H2,1H3/t13-,15?/m0/s1. The number of nitrogens with zero attached hydrogens (tertiary/aromatic N) is 1. The van der Waals surface area contributed by atoms with Crippen molar-refractivity contribution in [3.8, 4) is 0 Å². The molecule has 0 bridgehead atoms. The van der Waals surface area contributed by atoms with Gasteiger partial charge in [-0.05, 0) is 43.2 Å². The summed E-state index contributed by atoms with van der Waals surface area (Å²) in [6, 6.07) is 8.99. The van der Waals surface area contributed by atoms with Crippen LogP contribution in [0.1, 0.15) is 43.2 Å². The summed E-state index contributed by atoms with van der Waals surface area (Å²) in [6.45, 7) is 4.84. The summed E-state index contributed by atoms with van der Waals surface area (Å²) in [4.78, 5) is 14.6. The zero-order valence-corrected chi connectivity index (χ0v) is 12.3. The molecule has 1 aromatic carbocycles. The summed E-state index contributed by atoms with van der Waals surface area (Å²) >= 11 is 0. The van der Waals surface area contributed by atoms with Crippen molar-refractivity contribution in [2.75, 3.05) is 19.6 Å². The van der Waals surface area contributed by atoms with Crippen LogP contribution in [0.15, 0.2) is 24.3 Å². The molecule has 3 heteroatoms. The van der Waals surface area contributed by atoms with Gasteiger partial charge in [0, 0.05) is 32.1 Å². The Morgan fingerprint density at radius 3 is 3.10 bits per heavy atom. The van der Waals surface area contributed by atoms with E-state index in [1.54, 1.807) is 0 Å². The lowest BCUT2D eigenvalue weighted by Gasteiger charge is -2.35. The van der Waals surface area contributed by atoms with E-state index in [-0.39, 0.29) is 0 Å². The number of amides is 1. The highest BCUT2D eigenvalue weighted by Gasteiger charge is 2.27. The molecule has 108 valence electrons. The highest BCUT2D eigenvalue weighted by atomic mass is 16.2. The third-order valence-electron chi connectivity index (χ3n) is 4.74. The van der Waals surface area contributed by atoms with E-state index in [9.17, 15) is 4.79 Å². The highest BCUT2D eigenvalue weighted by molar-refractivity contribution is 5.77. The van der Waals surface area contributed by atoms with E-state index in [0.717, 1.165) is 26.1 Å². The molecule has 1 aliphatic heterocycles. The van der Waals surface area contributed by atoms with E-state index in [4.69, 9.17) is 0 Å². The van der Waals surface area contributed by atoms with Crippen LogP contribution in [0.5, 0.6) is 0 Å². The Balaban J connectivity index is 1.70. The summed E-state index contributed by atoms with van der Waals surface area (Å²) in [7, 11) is 0. The summed E-state index contributed by atoms with van der Waals surface area (Å²) in [5.74, 6) is 0.759. The van der Waals surface area contributed by atoms with Gasteiger partial charge < -0.3 is 10.2 Å². The van der Waals surface area contributed by atoms with Crippen LogP contribution in [0.2, 0.25) is 0 Å². The number of hydrogen-bond acceptors (Lipinski definition) is 2. The predicted octanol–water partition coefficient (Wildman–Crippen LogP) is 2.32. The second-order valence-corrected chi connectivity index (χ2v) is 6.13. The van der Waals surface area contributed by atoms with Crippen molar-refractivity contribution in [3.63, 3.8) is 0 Å². The fourth-order valence-electron chi connectivity index (χ4n) is 3.61. The lowest BCUT2D eigenvalue weighted by Crippen LogP contribution is -2.52. The number of carbonyl (C=O) groups excluding carboxylic acids is 1. The topological polar surface area (TPSA) is 32.3 Å². The number of rotatable bonds is 2. The van der Waals surface area contributed by atoms with E-state index in [1.165, 1.54) is 24.0 Å². The average molecular weight is 272 g/mol. The molecule has 1 aromatic rings. The SMILES string of the molecule is C[C@H]1CNCCN1C(=O)CC1CCCc2ccccc21. The Morgan fingerprint density at radius 1 is 1.40 bits per heavy atom. The number of aryl methyl sites for hydroxylation is 1. The third-order valence-corrected chi connectivity index (χ3v) is 4.74. The van der Waals surface area contributed by atoms with Crippen LogP contribution in [-0.4, -0.2) is 36.5 Å². The van der Waals surface area contributed by atoms with Gasteiger partial charge in [0.05, 0.1) is 0 Å². The number of carbonyl (C=O) groups is 1. The molecule has 3 rings (SSSR count). The molecule has 20 heavy (non-hydrogen) atoms. The number of hydrogen-bond donors (Lipinski definition) is 1. The zero-order valence-electron chi connectivity index (χ0n) is 12.3. The van der Waals surface area contributed by atoms with Gasteiger partial charge in [0.2, 0.25) is 5.91 Å². The summed E-state index contributed by atoms with van der Waals surface area (Å²) in [5, 5.41) is 3.34. The van der Waals surface area contributed by atoms with Gasteiger partial charge in [0.15, 0.2) is 0 Å². The Labute approximate surface area is 121 Å². The molecular formula is C17H24N2O. The zero-order chi connectivity index (χ0) is 13.9. The smallest absolute Gasteiger partial charge is 0.223 e. The Bertz CT molecular complexity index is 486. The van der Waals surface area contributed by atoms with Crippen LogP contribution in [0.4, 0.5) is 0 Å². The van der Waals surface area contributed by atoms with Gasteiger partial charge in [0.25, 0.3) is 0 Å². The summed E-state index contributed by atoms with van der Waals surface area (Å²) in [5.41, 5.74) is 2.86. The van der Waals surface area contributed by atoms with Crippen molar-refractivity contribution < 1.29 is 4.79 Å². The second-order valence-electron chi connectivity index (χ2n) is 6.13. The molecule has 1 heterocycles. The van der Waals surface area contributed by atoms with Crippen molar-refractivity contribution in [1.82, 2.24) is 10.2 Å². The van der Waals surface area contributed by atoms with Crippen molar-refractivity contribution >= 4 is 5.91 Å². The predicted molar refractivity (Wildman–Crippen MR) is 80.8 cm³/mol. The Kier molecular flexibility index (Phi) is 4.06. The normalized spacial score (nSPS) is 26.1. The molecule has 1 unspecified atom stereocenters. The fourth-order valence-corrected chi connectivity index (χ4v) is 3.61. The van der Waals surface area contributed by atoms with Gasteiger partial charge in [-0.1, -0.05) is 24.3 Å². The van der Waals surface area contributed by atoms with Crippen molar-refractivity contribution in [2.45, 2.75) is 44.6 Å². The molecule has 0 radical (unpaired) electrons. The minimum atomic E-state index is 0.329. The van der Waals surface area contributed by atoms with Crippen LogP contribution in [0, 0.1) is 0 Å². The Morgan fingerprint density at radius 2 is 2.25 bits per heavy atom. The van der Waals surface area contributed by atoms with Crippen LogP contribution < -0.4 is 5.32 Å². The summed E-state index contributed by atoms with van der Waals surface area (Å²) < 4.78 is 0. The van der Waals surface area contributed by atoms with Crippen molar-refractivity contribution in [2.24, 2.45) is 0 Å². The maximum atomic E-state index is 12.6. The van der Waals surface area contributed by atoms with Crippen LogP contribution in [-0.2, 0) is 11.2 Å². The fraction of sp³-hybridized carbons (Fsp3) is 0.588. The van der Waals surface area contributed by atoms with Crippen molar-refractivity contribution in [3.05, 3.63) is 35.4 Å². The van der Waals surface area contributed by atoms with Gasteiger partial charge in [-0.2, -0.15) is 0 Å². The van der Waals surface area contributed by atoms with Crippen LogP contribution in [0.3, 0.4) is 0 Å². The first kappa shape index (κ1) is 13.6. The first-order valence-electron chi connectivity index (χ1n) is 7.83. The average Bonchev–Trinajstić information content (AvgIpc) is 2.48. The monoisotopic (exact) mass is 272 g/mol. The molecule has 1 aliphatic carbocycles. The van der Waals surface area contributed by atoms with Gasteiger partial charge in [-0.25, -0.2) is 0 Å². The molecule has 2 aliphatic rings. The number of benzene rings is 1. The first-order chi connectivity index (χ1) is 9.75. The number of fused-ring (bicyclic) bond motifs is 1. The number of piperazine rings is 1. The lowest BCUT2D eigenvalue weighted by atomic mass is 9.81. The maximum absolute atomic E-state index is 12.6. The van der Waals surface area contributed by atoms with Gasteiger partial charge >= 0.3 is 0 Å². The molecule has 1 N–H and O–H groups in total. The molecule has 0 aromatic heterocycles. The van der Waals surface area contributed by atoms with E-state index in [0.29, 0.717) is 24.3 Å². The summed E-state index contributed by atoms with van der Waals surface area (Å²) in [6.07, 6.45) is 4.22. The molecular weight excluding hydrogens is 248 g/mol. The maximum Gasteiger partial charge on any atom is 0.223 e. The molecule has 1 saturated heterocycles. The highest BCUT2D eigenvalue weighted by Crippen LogP contribution is 2.34. The molecule has 1 amide bonds. The van der Waals surface area contributed by atoms with Gasteiger partial charge in [-0.15, -0.1) is 0 Å². The van der Waals surface area contributed by atoms with Crippen molar-refractivity contribution in [1.29, 1.82) is 0 Å². The molecule has 2 atom stereocenters. The third kappa shape index (κ3) is 2.73. The molecule has 1 fully saturated rings. The minimum absolute atomic E-state index is 0.329. The van der Waals surface area contributed by atoms with Crippen LogP contribution >= 0.6 is 0 Å². The first-order valence-corrected chi connectivity index (χ1v) is 7.83. The quantitative estimate of drug-likeness (QED) is 0.896. The van der Waals surface area contributed by atoms with Gasteiger partial charge in [0.1, 0.15) is 0 Å². The van der Waals surface area contributed by atoms with E-state index < -0.39 is 0 Å². The van der Waals surface area contributed by atoms with E-state index in [1.807, 2.05) is 0 Å². The van der Waals surface area contributed by atoms with E-state index in [2.05, 4.69) is 41.4 Å². The van der Waals surface area contributed by atoms with Gasteiger partial charge in [-0.3, -0.25) is 4.79 Å². The lowest BCUT2D eigenvalue weighted by molar-refractivity contribution is -0.134. The molecule has 0 saturated carbocycles. The second kappa shape index (κ2) is 5.96. The largest absolute Gasteiger partial charge is 0.337 e. The Hall–Kier alpha value is -1.35.